The summed E-state index contributed by atoms with van der Waals surface area (Å²) in [5.41, 5.74) is 2.23. The standard InChI is InChI=1S/C24H24N4O4/c1-15(2)27(3)23(30)17-10-8-16(9-11-17)12-25-20(29)13-28-14-26-21-18-6-4-5-7-19(18)32-22(21)24(28)31/h4-11,14-15H,12-13H2,1-3H3,(H,25,29). The van der Waals surface area contributed by atoms with Gasteiger partial charge >= 0.3 is 0 Å². The van der Waals surface area contributed by atoms with E-state index in [1.54, 1.807) is 42.3 Å². The molecule has 0 aliphatic carbocycles. The Morgan fingerprint density at radius 3 is 2.56 bits per heavy atom. The lowest BCUT2D eigenvalue weighted by Gasteiger charge is -2.21. The fourth-order valence-corrected chi connectivity index (χ4v) is 3.34. The van der Waals surface area contributed by atoms with Crippen molar-refractivity contribution in [3.8, 4) is 0 Å². The van der Waals surface area contributed by atoms with Crippen LogP contribution in [0.25, 0.3) is 22.1 Å². The van der Waals surface area contributed by atoms with Crippen LogP contribution in [-0.4, -0.2) is 39.4 Å². The number of nitrogens with one attached hydrogen (secondary N) is 1. The van der Waals surface area contributed by atoms with E-state index >= 15 is 0 Å². The van der Waals surface area contributed by atoms with Gasteiger partial charge in [-0.15, -0.1) is 0 Å². The SMILES string of the molecule is CC(C)N(C)C(=O)c1ccc(CNC(=O)Cn2cnc3c(oc4ccccc43)c2=O)cc1. The molecule has 0 fully saturated rings. The molecular weight excluding hydrogens is 408 g/mol. The van der Waals surface area contributed by atoms with E-state index in [1.165, 1.54) is 10.9 Å². The normalized spacial score (nSPS) is 11.2. The molecule has 8 nitrogen and oxygen atoms in total. The molecule has 0 saturated heterocycles. The van der Waals surface area contributed by atoms with Gasteiger partial charge in [-0.2, -0.15) is 0 Å². The van der Waals surface area contributed by atoms with Crippen LogP contribution in [-0.2, 0) is 17.9 Å². The predicted octanol–water partition coefficient (Wildman–Crippen LogP) is 2.94. The van der Waals surface area contributed by atoms with E-state index in [2.05, 4.69) is 10.3 Å². The molecule has 0 spiro atoms. The van der Waals surface area contributed by atoms with Crippen LogP contribution in [0, 0.1) is 0 Å². The quantitative estimate of drug-likeness (QED) is 0.505. The zero-order valence-electron chi connectivity index (χ0n) is 18.2. The average molecular weight is 432 g/mol. The van der Waals surface area contributed by atoms with Gasteiger partial charge in [-0.3, -0.25) is 19.0 Å². The van der Waals surface area contributed by atoms with E-state index in [0.717, 1.165) is 10.9 Å². The summed E-state index contributed by atoms with van der Waals surface area (Å²) in [5, 5.41) is 3.55. The summed E-state index contributed by atoms with van der Waals surface area (Å²) in [7, 11) is 1.76. The Morgan fingerprint density at radius 1 is 1.12 bits per heavy atom. The number of amides is 2. The summed E-state index contributed by atoms with van der Waals surface area (Å²) in [6.45, 7) is 4.01. The van der Waals surface area contributed by atoms with Crippen LogP contribution in [0.4, 0.5) is 0 Å². The monoisotopic (exact) mass is 432 g/mol. The molecule has 0 aliphatic heterocycles. The number of rotatable bonds is 6. The minimum absolute atomic E-state index is 0.0524. The van der Waals surface area contributed by atoms with Crippen molar-refractivity contribution in [3.63, 3.8) is 0 Å². The summed E-state index contributed by atoms with van der Waals surface area (Å²) in [6, 6.07) is 14.5. The molecule has 0 bridgehead atoms. The van der Waals surface area contributed by atoms with E-state index in [0.29, 0.717) is 16.7 Å². The summed E-state index contributed by atoms with van der Waals surface area (Å²) < 4.78 is 6.86. The molecule has 1 N–H and O–H groups in total. The second-order valence-corrected chi connectivity index (χ2v) is 7.94. The summed E-state index contributed by atoms with van der Waals surface area (Å²) in [5.74, 6) is -0.382. The van der Waals surface area contributed by atoms with Crippen molar-refractivity contribution in [2.75, 3.05) is 7.05 Å². The highest BCUT2D eigenvalue weighted by atomic mass is 16.3. The number of carbonyl (C=O) groups is 2. The van der Waals surface area contributed by atoms with Crippen LogP contribution in [0.1, 0.15) is 29.8 Å². The Kier molecular flexibility index (Phi) is 5.77. The van der Waals surface area contributed by atoms with Gasteiger partial charge in [0.05, 0.1) is 6.33 Å². The van der Waals surface area contributed by atoms with Crippen molar-refractivity contribution in [2.45, 2.75) is 33.0 Å². The topological polar surface area (TPSA) is 97.4 Å². The van der Waals surface area contributed by atoms with Gasteiger partial charge in [0.25, 0.3) is 11.5 Å². The van der Waals surface area contributed by atoms with Crippen LogP contribution in [0.15, 0.2) is 64.1 Å². The molecule has 2 aromatic carbocycles. The average Bonchev–Trinajstić information content (AvgIpc) is 3.18. The van der Waals surface area contributed by atoms with E-state index in [9.17, 15) is 14.4 Å². The highest BCUT2D eigenvalue weighted by molar-refractivity contribution is 6.01. The third-order valence-corrected chi connectivity index (χ3v) is 5.45. The largest absolute Gasteiger partial charge is 0.448 e. The maximum Gasteiger partial charge on any atom is 0.297 e. The number of hydrogen-bond acceptors (Lipinski definition) is 5. The van der Waals surface area contributed by atoms with Gasteiger partial charge in [0.1, 0.15) is 17.6 Å². The van der Waals surface area contributed by atoms with E-state index in [1.807, 2.05) is 32.0 Å². The maximum atomic E-state index is 12.7. The summed E-state index contributed by atoms with van der Waals surface area (Å²) in [6.07, 6.45) is 1.36. The highest BCUT2D eigenvalue weighted by Crippen LogP contribution is 2.23. The van der Waals surface area contributed by atoms with E-state index < -0.39 is 5.56 Å². The Hall–Kier alpha value is -3.94. The minimum atomic E-state index is -0.404. The smallest absolute Gasteiger partial charge is 0.297 e. The fraction of sp³-hybridized carbons (Fsp3) is 0.250. The molecule has 0 radical (unpaired) electrons. The van der Waals surface area contributed by atoms with Crippen molar-refractivity contribution in [1.29, 1.82) is 0 Å². The number of fused-ring (bicyclic) bond motifs is 3. The fourth-order valence-electron chi connectivity index (χ4n) is 3.34. The molecular formula is C24H24N4O4. The molecule has 0 aliphatic rings. The van der Waals surface area contributed by atoms with Gasteiger partial charge in [-0.25, -0.2) is 4.98 Å². The van der Waals surface area contributed by atoms with Crippen molar-refractivity contribution in [2.24, 2.45) is 0 Å². The Morgan fingerprint density at radius 2 is 1.84 bits per heavy atom. The van der Waals surface area contributed by atoms with Crippen molar-refractivity contribution >= 4 is 33.9 Å². The molecule has 0 saturated carbocycles. The zero-order valence-corrected chi connectivity index (χ0v) is 18.2. The Balaban J connectivity index is 1.41. The molecule has 0 atom stereocenters. The van der Waals surface area contributed by atoms with Gasteiger partial charge in [0.2, 0.25) is 11.5 Å². The molecule has 2 heterocycles. The molecule has 4 aromatic rings. The Labute approximate surface area is 184 Å². The first-order valence-corrected chi connectivity index (χ1v) is 10.3. The lowest BCUT2D eigenvalue weighted by atomic mass is 10.1. The molecule has 164 valence electrons. The number of aromatic nitrogens is 2. The van der Waals surface area contributed by atoms with Crippen LogP contribution in [0.2, 0.25) is 0 Å². The first-order chi connectivity index (χ1) is 15.3. The van der Waals surface area contributed by atoms with Crippen LogP contribution >= 0.6 is 0 Å². The summed E-state index contributed by atoms with van der Waals surface area (Å²) >= 11 is 0. The Bertz CT molecular complexity index is 1350. The molecule has 2 aromatic heterocycles. The summed E-state index contributed by atoms with van der Waals surface area (Å²) in [4.78, 5) is 43.5. The van der Waals surface area contributed by atoms with Crippen molar-refractivity contribution < 1.29 is 14.0 Å². The number of carbonyl (C=O) groups excluding carboxylic acids is 2. The third kappa shape index (κ3) is 4.12. The first kappa shape index (κ1) is 21.3. The second kappa shape index (κ2) is 8.66. The van der Waals surface area contributed by atoms with Gasteiger partial charge < -0.3 is 14.6 Å². The number of nitrogens with zero attached hydrogens (tertiary/aromatic N) is 3. The van der Waals surface area contributed by atoms with Crippen LogP contribution in [0.3, 0.4) is 0 Å². The third-order valence-electron chi connectivity index (χ3n) is 5.45. The van der Waals surface area contributed by atoms with Gasteiger partial charge in [-0.05, 0) is 43.7 Å². The number of furan rings is 1. The second-order valence-electron chi connectivity index (χ2n) is 7.94. The van der Waals surface area contributed by atoms with Crippen LogP contribution < -0.4 is 10.9 Å². The number of para-hydroxylation sites is 1. The van der Waals surface area contributed by atoms with Gasteiger partial charge in [-0.1, -0.05) is 24.3 Å². The minimum Gasteiger partial charge on any atom is -0.448 e. The first-order valence-electron chi connectivity index (χ1n) is 10.3. The molecule has 0 unspecified atom stereocenters. The van der Waals surface area contributed by atoms with E-state index in [4.69, 9.17) is 4.42 Å². The highest BCUT2D eigenvalue weighted by Gasteiger charge is 2.15. The molecule has 32 heavy (non-hydrogen) atoms. The molecule has 8 heteroatoms. The molecule has 2 amide bonds. The van der Waals surface area contributed by atoms with Gasteiger partial charge in [0, 0.05) is 30.6 Å². The maximum absolute atomic E-state index is 12.7. The van der Waals surface area contributed by atoms with Crippen molar-refractivity contribution in [1.82, 2.24) is 19.8 Å². The van der Waals surface area contributed by atoms with E-state index in [-0.39, 0.29) is 36.5 Å². The lowest BCUT2D eigenvalue weighted by Crippen LogP contribution is -2.33. The van der Waals surface area contributed by atoms with Crippen LogP contribution in [0.5, 0.6) is 0 Å². The molecule has 4 rings (SSSR count). The van der Waals surface area contributed by atoms with Crippen molar-refractivity contribution in [3.05, 3.63) is 76.3 Å². The predicted molar refractivity (Wildman–Crippen MR) is 121 cm³/mol. The zero-order chi connectivity index (χ0) is 22.8. The number of hydrogen-bond donors (Lipinski definition) is 1. The van der Waals surface area contributed by atoms with Gasteiger partial charge in [0.15, 0.2) is 0 Å². The number of benzene rings is 2. The lowest BCUT2D eigenvalue weighted by molar-refractivity contribution is -0.121.